The first kappa shape index (κ1) is 12.9. The molecule has 2 saturated heterocycles. The smallest absolute Gasteiger partial charge is 0.244 e. The summed E-state index contributed by atoms with van der Waals surface area (Å²) >= 11 is 0. The number of aromatic nitrogens is 3. The van der Waals surface area contributed by atoms with E-state index in [0.717, 1.165) is 57.5 Å². The molecule has 6 heteroatoms. The maximum Gasteiger partial charge on any atom is 0.244 e. The third-order valence-electron chi connectivity index (χ3n) is 4.36. The predicted molar refractivity (Wildman–Crippen MR) is 73.2 cm³/mol. The summed E-state index contributed by atoms with van der Waals surface area (Å²) in [6, 6.07) is 0. The van der Waals surface area contributed by atoms with Gasteiger partial charge in [0.15, 0.2) is 0 Å². The van der Waals surface area contributed by atoms with Crippen LogP contribution in [-0.4, -0.2) is 48.0 Å². The van der Waals surface area contributed by atoms with Crippen LogP contribution >= 0.6 is 0 Å². The summed E-state index contributed by atoms with van der Waals surface area (Å²) in [5.74, 6) is 2.17. The monoisotopic (exact) mass is 265 g/mol. The molecule has 2 atom stereocenters. The lowest BCUT2D eigenvalue weighted by Gasteiger charge is -2.39. The van der Waals surface area contributed by atoms with Gasteiger partial charge in [0.25, 0.3) is 0 Å². The number of anilines is 1. The molecule has 3 rings (SSSR count). The van der Waals surface area contributed by atoms with Crippen LogP contribution in [0.4, 0.5) is 5.95 Å². The molecular formula is C13H23N5O. The molecule has 6 nitrogen and oxygen atoms in total. The van der Waals surface area contributed by atoms with E-state index in [1.807, 2.05) is 0 Å². The van der Waals surface area contributed by atoms with E-state index in [9.17, 15) is 0 Å². The number of piperidine rings is 1. The molecule has 2 aliphatic rings. The minimum Gasteiger partial charge on any atom is -0.381 e. The van der Waals surface area contributed by atoms with Crippen molar-refractivity contribution < 1.29 is 4.74 Å². The second kappa shape index (κ2) is 5.09. The first-order valence-electron chi connectivity index (χ1n) is 7.15. The molecule has 106 valence electrons. The highest BCUT2D eigenvalue weighted by Crippen LogP contribution is 2.30. The normalized spacial score (nSPS) is 31.9. The van der Waals surface area contributed by atoms with Gasteiger partial charge in [-0.3, -0.25) is 5.10 Å². The Bertz CT molecular complexity index is 428. The fraction of sp³-hybridized carbons (Fsp3) is 0.846. The molecule has 0 bridgehead atoms. The average molecular weight is 265 g/mol. The average Bonchev–Trinajstić information content (AvgIpc) is 3.09. The fourth-order valence-corrected chi connectivity index (χ4v) is 2.99. The van der Waals surface area contributed by atoms with Crippen molar-refractivity contribution in [1.82, 2.24) is 15.2 Å². The number of H-pyrrole nitrogens is 1. The minimum atomic E-state index is 0.190. The van der Waals surface area contributed by atoms with Gasteiger partial charge in [0.05, 0.1) is 6.61 Å². The molecule has 0 radical (unpaired) electrons. The van der Waals surface area contributed by atoms with Crippen molar-refractivity contribution in [2.45, 2.75) is 32.1 Å². The Morgan fingerprint density at radius 3 is 3.21 bits per heavy atom. The molecular weight excluding hydrogens is 242 g/mol. The third kappa shape index (κ3) is 2.60. The lowest BCUT2D eigenvalue weighted by molar-refractivity contribution is 0.193. The lowest BCUT2D eigenvalue weighted by atomic mass is 9.82. The largest absolute Gasteiger partial charge is 0.381 e. The van der Waals surface area contributed by atoms with E-state index < -0.39 is 0 Å². The highest BCUT2D eigenvalue weighted by Gasteiger charge is 2.32. The number of aromatic amines is 1. The van der Waals surface area contributed by atoms with Gasteiger partial charge in [-0.25, -0.2) is 0 Å². The summed E-state index contributed by atoms with van der Waals surface area (Å²) in [4.78, 5) is 6.91. The van der Waals surface area contributed by atoms with Crippen molar-refractivity contribution in [3.8, 4) is 0 Å². The highest BCUT2D eigenvalue weighted by atomic mass is 16.5. The highest BCUT2D eigenvalue weighted by molar-refractivity contribution is 5.31. The van der Waals surface area contributed by atoms with Gasteiger partial charge in [-0.2, -0.15) is 4.98 Å². The van der Waals surface area contributed by atoms with Crippen LogP contribution in [0.1, 0.15) is 37.9 Å². The van der Waals surface area contributed by atoms with E-state index in [-0.39, 0.29) is 5.41 Å². The van der Waals surface area contributed by atoms with Crippen LogP contribution in [0.25, 0.3) is 0 Å². The zero-order valence-electron chi connectivity index (χ0n) is 11.6. The molecule has 0 amide bonds. The molecule has 0 aromatic carbocycles. The maximum absolute atomic E-state index is 5.89. The number of rotatable bonds is 3. The maximum atomic E-state index is 5.89. The Morgan fingerprint density at radius 1 is 1.58 bits per heavy atom. The molecule has 0 saturated carbocycles. The van der Waals surface area contributed by atoms with E-state index in [1.54, 1.807) is 0 Å². The number of hydrogen-bond acceptors (Lipinski definition) is 5. The van der Waals surface area contributed by atoms with Crippen LogP contribution in [0.15, 0.2) is 0 Å². The lowest BCUT2D eigenvalue weighted by Crippen LogP contribution is -2.46. The van der Waals surface area contributed by atoms with E-state index in [1.165, 1.54) is 6.42 Å². The van der Waals surface area contributed by atoms with E-state index in [2.05, 4.69) is 27.0 Å². The van der Waals surface area contributed by atoms with Crippen LogP contribution in [0.3, 0.4) is 0 Å². The van der Waals surface area contributed by atoms with Crippen LogP contribution in [0.5, 0.6) is 0 Å². The molecule has 1 aromatic heterocycles. The zero-order chi connectivity index (χ0) is 13.3. The van der Waals surface area contributed by atoms with Crippen LogP contribution < -0.4 is 10.6 Å². The summed E-state index contributed by atoms with van der Waals surface area (Å²) in [6.45, 7) is 6.52. The molecule has 19 heavy (non-hydrogen) atoms. The van der Waals surface area contributed by atoms with Crippen molar-refractivity contribution in [1.29, 1.82) is 0 Å². The standard InChI is InChI=1S/C13H23N5O/c1-13(8-14)4-2-5-18(9-13)12-15-11(16-17-12)10-3-6-19-7-10/h10H,2-9,14H2,1H3,(H,15,16,17). The second-order valence-electron chi connectivity index (χ2n) is 6.12. The quantitative estimate of drug-likeness (QED) is 0.848. The van der Waals surface area contributed by atoms with Crippen LogP contribution in [0, 0.1) is 5.41 Å². The second-order valence-corrected chi connectivity index (χ2v) is 6.12. The van der Waals surface area contributed by atoms with Crippen molar-refractivity contribution in [3.63, 3.8) is 0 Å². The number of nitrogens with zero attached hydrogens (tertiary/aromatic N) is 3. The van der Waals surface area contributed by atoms with Gasteiger partial charge >= 0.3 is 0 Å². The molecule has 2 fully saturated rings. The summed E-state index contributed by atoms with van der Waals surface area (Å²) in [6.07, 6.45) is 3.38. The van der Waals surface area contributed by atoms with Gasteiger partial charge in [-0.15, -0.1) is 5.10 Å². The summed E-state index contributed by atoms with van der Waals surface area (Å²) in [7, 11) is 0. The first-order valence-corrected chi connectivity index (χ1v) is 7.15. The number of hydrogen-bond donors (Lipinski definition) is 2. The van der Waals surface area contributed by atoms with Crippen molar-refractivity contribution in [2.24, 2.45) is 11.1 Å². The predicted octanol–water partition coefficient (Wildman–Crippen LogP) is 0.874. The van der Waals surface area contributed by atoms with E-state index >= 15 is 0 Å². The Balaban J connectivity index is 1.71. The Morgan fingerprint density at radius 2 is 2.47 bits per heavy atom. The Kier molecular flexibility index (Phi) is 3.45. The topological polar surface area (TPSA) is 80.1 Å². The van der Waals surface area contributed by atoms with Gasteiger partial charge in [-0.05, 0) is 31.2 Å². The van der Waals surface area contributed by atoms with E-state index in [4.69, 9.17) is 10.5 Å². The molecule has 0 spiro atoms. The zero-order valence-corrected chi connectivity index (χ0v) is 11.6. The first-order chi connectivity index (χ1) is 9.20. The van der Waals surface area contributed by atoms with Gasteiger partial charge in [-0.1, -0.05) is 6.92 Å². The molecule has 2 aliphatic heterocycles. The summed E-state index contributed by atoms with van der Waals surface area (Å²) in [5.41, 5.74) is 6.08. The minimum absolute atomic E-state index is 0.190. The SMILES string of the molecule is CC1(CN)CCCN(c2n[nH]c(C3CCOC3)n2)C1. The Hall–Kier alpha value is -1.14. The van der Waals surface area contributed by atoms with Gasteiger partial charge < -0.3 is 15.4 Å². The molecule has 0 aliphatic carbocycles. The molecule has 1 aromatic rings. The van der Waals surface area contributed by atoms with Gasteiger partial charge in [0, 0.05) is 25.6 Å². The molecule has 3 N–H and O–H groups in total. The number of ether oxygens (including phenoxy) is 1. The summed E-state index contributed by atoms with van der Waals surface area (Å²) < 4.78 is 5.40. The molecule has 3 heterocycles. The number of nitrogens with two attached hydrogens (primary N) is 1. The van der Waals surface area contributed by atoms with Gasteiger partial charge in [0.2, 0.25) is 5.95 Å². The number of nitrogens with one attached hydrogen (secondary N) is 1. The molecule has 2 unspecified atom stereocenters. The fourth-order valence-electron chi connectivity index (χ4n) is 2.99. The summed E-state index contributed by atoms with van der Waals surface area (Å²) in [5, 5.41) is 7.45. The van der Waals surface area contributed by atoms with E-state index in [0.29, 0.717) is 5.92 Å². The van der Waals surface area contributed by atoms with Crippen LogP contribution in [-0.2, 0) is 4.74 Å². The Labute approximate surface area is 113 Å². The van der Waals surface area contributed by atoms with Crippen molar-refractivity contribution in [2.75, 3.05) is 37.7 Å². The van der Waals surface area contributed by atoms with Gasteiger partial charge in [0.1, 0.15) is 5.82 Å². The third-order valence-corrected chi connectivity index (χ3v) is 4.36. The van der Waals surface area contributed by atoms with Crippen molar-refractivity contribution >= 4 is 5.95 Å². The van der Waals surface area contributed by atoms with Crippen molar-refractivity contribution in [3.05, 3.63) is 5.82 Å². The van der Waals surface area contributed by atoms with Crippen LogP contribution in [0.2, 0.25) is 0 Å².